The van der Waals surface area contributed by atoms with E-state index in [1.54, 1.807) is 7.05 Å². The topological polar surface area (TPSA) is 103 Å². The molecule has 0 amide bonds. The van der Waals surface area contributed by atoms with E-state index in [2.05, 4.69) is 25.2 Å². The molecule has 0 saturated carbocycles. The van der Waals surface area contributed by atoms with Crippen molar-refractivity contribution >= 4 is 10.2 Å². The molecule has 0 atom stereocenters. The summed E-state index contributed by atoms with van der Waals surface area (Å²) >= 11 is 0. The lowest BCUT2D eigenvalue weighted by atomic mass is 10.3. The summed E-state index contributed by atoms with van der Waals surface area (Å²) in [5.41, 5.74) is 0. The number of hydrogen-bond acceptors (Lipinski definition) is 5. The quantitative estimate of drug-likeness (QED) is 0.478. The summed E-state index contributed by atoms with van der Waals surface area (Å²) in [7, 11) is -1.79. The van der Waals surface area contributed by atoms with E-state index in [4.69, 9.17) is 0 Å². The summed E-state index contributed by atoms with van der Waals surface area (Å²) < 4.78 is 27.8. The smallest absolute Gasteiger partial charge is 0.279 e. The summed E-state index contributed by atoms with van der Waals surface area (Å²) in [6.45, 7) is 4.64. The van der Waals surface area contributed by atoms with Crippen LogP contribution in [-0.4, -0.2) is 61.1 Å². The lowest BCUT2D eigenvalue weighted by Gasteiger charge is -2.17. The van der Waals surface area contributed by atoms with Gasteiger partial charge in [0.1, 0.15) is 12.2 Å². The van der Waals surface area contributed by atoms with E-state index in [1.165, 1.54) is 10.6 Å². The van der Waals surface area contributed by atoms with Crippen molar-refractivity contribution in [2.24, 2.45) is 0 Å². The molecular formula is C11H24N6O2S. The SMILES string of the molecule is CCNCCCN(C)S(=O)(=O)NCCCc1ncn[nH]1. The first kappa shape index (κ1) is 17.0. The van der Waals surface area contributed by atoms with E-state index in [-0.39, 0.29) is 0 Å². The fourth-order valence-electron chi connectivity index (χ4n) is 1.64. The van der Waals surface area contributed by atoms with Crippen LogP contribution in [-0.2, 0) is 16.6 Å². The number of rotatable bonds is 11. The van der Waals surface area contributed by atoms with Gasteiger partial charge in [-0.15, -0.1) is 0 Å². The Morgan fingerprint density at radius 2 is 2.15 bits per heavy atom. The van der Waals surface area contributed by atoms with Gasteiger partial charge in [-0.1, -0.05) is 6.92 Å². The van der Waals surface area contributed by atoms with Crippen LogP contribution in [0.2, 0.25) is 0 Å². The normalized spacial score (nSPS) is 12.2. The van der Waals surface area contributed by atoms with Crippen LogP contribution in [0, 0.1) is 0 Å². The first-order valence-electron chi connectivity index (χ1n) is 6.82. The molecule has 0 aromatic carbocycles. The molecule has 0 aliphatic rings. The Bertz CT molecular complexity index is 447. The number of aromatic amines is 1. The van der Waals surface area contributed by atoms with Crippen molar-refractivity contribution in [1.29, 1.82) is 0 Å². The highest BCUT2D eigenvalue weighted by atomic mass is 32.2. The number of nitrogens with one attached hydrogen (secondary N) is 3. The number of aryl methyl sites for hydroxylation is 1. The number of aromatic nitrogens is 3. The molecule has 0 unspecified atom stereocenters. The molecule has 0 aliphatic heterocycles. The highest BCUT2D eigenvalue weighted by Crippen LogP contribution is 1.97. The van der Waals surface area contributed by atoms with Gasteiger partial charge in [-0.3, -0.25) is 5.10 Å². The van der Waals surface area contributed by atoms with Gasteiger partial charge in [0.15, 0.2) is 0 Å². The molecule has 0 bridgehead atoms. The fraction of sp³-hybridized carbons (Fsp3) is 0.818. The lowest BCUT2D eigenvalue weighted by molar-refractivity contribution is 0.445. The molecule has 9 heteroatoms. The van der Waals surface area contributed by atoms with Crippen LogP contribution in [0.1, 0.15) is 25.6 Å². The van der Waals surface area contributed by atoms with Crippen molar-refractivity contribution in [3.05, 3.63) is 12.2 Å². The Hall–Kier alpha value is -1.03. The zero-order valence-electron chi connectivity index (χ0n) is 12.1. The minimum absolute atomic E-state index is 0.389. The summed E-state index contributed by atoms with van der Waals surface area (Å²) in [6, 6.07) is 0. The zero-order valence-corrected chi connectivity index (χ0v) is 12.9. The molecule has 0 spiro atoms. The molecule has 1 heterocycles. The van der Waals surface area contributed by atoms with Gasteiger partial charge in [-0.05, 0) is 25.9 Å². The maximum absolute atomic E-state index is 11.9. The molecule has 0 fully saturated rings. The fourth-order valence-corrected chi connectivity index (χ4v) is 2.63. The summed E-state index contributed by atoms with van der Waals surface area (Å²) in [5, 5.41) is 9.64. The van der Waals surface area contributed by atoms with Crippen LogP contribution < -0.4 is 10.0 Å². The molecular weight excluding hydrogens is 280 g/mol. The van der Waals surface area contributed by atoms with Gasteiger partial charge in [-0.25, -0.2) is 9.71 Å². The first-order chi connectivity index (χ1) is 9.56. The molecule has 1 aromatic heterocycles. The molecule has 0 aliphatic carbocycles. The third-order valence-electron chi connectivity index (χ3n) is 2.83. The van der Waals surface area contributed by atoms with Crippen LogP contribution in [0.3, 0.4) is 0 Å². The largest absolute Gasteiger partial charge is 0.317 e. The van der Waals surface area contributed by atoms with E-state index in [0.29, 0.717) is 25.9 Å². The Balaban J connectivity index is 2.19. The van der Waals surface area contributed by atoms with Gasteiger partial charge < -0.3 is 5.32 Å². The Labute approximate surface area is 120 Å². The Morgan fingerprint density at radius 3 is 2.80 bits per heavy atom. The van der Waals surface area contributed by atoms with E-state index in [9.17, 15) is 8.42 Å². The van der Waals surface area contributed by atoms with Crippen molar-refractivity contribution in [1.82, 2.24) is 29.5 Å². The third kappa shape index (κ3) is 6.42. The van der Waals surface area contributed by atoms with Gasteiger partial charge >= 0.3 is 0 Å². The summed E-state index contributed by atoms with van der Waals surface area (Å²) in [6.07, 6.45) is 3.59. The molecule has 1 aromatic rings. The van der Waals surface area contributed by atoms with E-state index >= 15 is 0 Å². The second kappa shape index (κ2) is 9.01. The third-order valence-corrected chi connectivity index (χ3v) is 4.40. The average molecular weight is 304 g/mol. The van der Waals surface area contributed by atoms with Crippen LogP contribution in [0.25, 0.3) is 0 Å². The molecule has 1 rings (SSSR count). The molecule has 116 valence electrons. The predicted octanol–water partition coefficient (Wildman–Crippen LogP) is -0.497. The average Bonchev–Trinajstić information content (AvgIpc) is 2.92. The van der Waals surface area contributed by atoms with Crippen molar-refractivity contribution in [2.75, 3.05) is 33.2 Å². The lowest BCUT2D eigenvalue weighted by Crippen LogP contribution is -2.39. The number of H-pyrrole nitrogens is 1. The zero-order chi connectivity index (χ0) is 14.8. The summed E-state index contributed by atoms with van der Waals surface area (Å²) in [4.78, 5) is 3.98. The van der Waals surface area contributed by atoms with Crippen LogP contribution in [0.15, 0.2) is 6.33 Å². The highest BCUT2D eigenvalue weighted by Gasteiger charge is 2.15. The Morgan fingerprint density at radius 1 is 1.35 bits per heavy atom. The standard InChI is InChI=1S/C11H24N6O2S/c1-3-12-7-5-9-17(2)20(18,19)15-8-4-6-11-13-10-14-16-11/h10,12,15H,3-9H2,1-2H3,(H,13,14,16). The van der Waals surface area contributed by atoms with Crippen molar-refractivity contribution in [3.63, 3.8) is 0 Å². The van der Waals surface area contributed by atoms with Gasteiger partial charge in [0, 0.05) is 26.6 Å². The minimum Gasteiger partial charge on any atom is -0.317 e. The van der Waals surface area contributed by atoms with E-state index in [0.717, 1.165) is 25.3 Å². The summed E-state index contributed by atoms with van der Waals surface area (Å²) in [5.74, 6) is 0.767. The van der Waals surface area contributed by atoms with Crippen molar-refractivity contribution < 1.29 is 8.42 Å². The van der Waals surface area contributed by atoms with E-state index in [1.807, 2.05) is 6.92 Å². The van der Waals surface area contributed by atoms with Gasteiger partial charge in [0.25, 0.3) is 10.2 Å². The van der Waals surface area contributed by atoms with Crippen LogP contribution in [0.4, 0.5) is 0 Å². The molecule has 3 N–H and O–H groups in total. The Kier molecular flexibility index (Phi) is 7.67. The molecule has 8 nitrogen and oxygen atoms in total. The monoisotopic (exact) mass is 304 g/mol. The highest BCUT2D eigenvalue weighted by molar-refractivity contribution is 7.87. The van der Waals surface area contributed by atoms with Gasteiger partial charge in [0.05, 0.1) is 0 Å². The molecule has 20 heavy (non-hydrogen) atoms. The second-order valence-electron chi connectivity index (χ2n) is 4.46. The predicted molar refractivity (Wildman–Crippen MR) is 77.4 cm³/mol. The molecule has 0 radical (unpaired) electrons. The first-order valence-corrected chi connectivity index (χ1v) is 8.26. The molecule has 0 saturated heterocycles. The van der Waals surface area contributed by atoms with E-state index < -0.39 is 10.2 Å². The maximum Gasteiger partial charge on any atom is 0.279 e. The maximum atomic E-state index is 11.9. The minimum atomic E-state index is -3.38. The van der Waals surface area contributed by atoms with Crippen LogP contribution >= 0.6 is 0 Å². The van der Waals surface area contributed by atoms with Gasteiger partial charge in [-0.2, -0.15) is 17.8 Å². The van der Waals surface area contributed by atoms with Crippen molar-refractivity contribution in [2.45, 2.75) is 26.2 Å². The van der Waals surface area contributed by atoms with Crippen LogP contribution in [0.5, 0.6) is 0 Å². The van der Waals surface area contributed by atoms with Crippen molar-refractivity contribution in [3.8, 4) is 0 Å². The van der Waals surface area contributed by atoms with Gasteiger partial charge in [0.2, 0.25) is 0 Å². The number of nitrogens with zero attached hydrogens (tertiary/aromatic N) is 3. The second-order valence-corrected chi connectivity index (χ2v) is 6.33. The number of hydrogen-bond donors (Lipinski definition) is 3.